The lowest BCUT2D eigenvalue weighted by Crippen LogP contribution is -2.05. The van der Waals surface area contributed by atoms with Gasteiger partial charge in [0.15, 0.2) is 5.82 Å². The summed E-state index contributed by atoms with van der Waals surface area (Å²) in [6.07, 6.45) is 8.23. The number of fused-ring (bicyclic) bond motifs is 3. The van der Waals surface area contributed by atoms with E-state index in [0.29, 0.717) is 18.1 Å². The summed E-state index contributed by atoms with van der Waals surface area (Å²) in [6, 6.07) is 3.89. The molecule has 0 aliphatic heterocycles. The number of aliphatic hydroxyl groups is 1. The highest BCUT2D eigenvalue weighted by atomic mass is 32.1. The highest BCUT2D eigenvalue weighted by Gasteiger charge is 2.21. The van der Waals surface area contributed by atoms with Crippen molar-refractivity contribution < 1.29 is 5.11 Å². The van der Waals surface area contributed by atoms with E-state index in [4.69, 9.17) is 9.97 Å². The van der Waals surface area contributed by atoms with Crippen LogP contribution in [0.1, 0.15) is 34.0 Å². The minimum Gasteiger partial charge on any atom is -0.390 e. The number of pyridine rings is 1. The van der Waals surface area contributed by atoms with Crippen molar-refractivity contribution in [2.24, 2.45) is 0 Å². The number of nitrogens with one attached hydrogen (secondary N) is 1. The molecule has 0 atom stereocenters. The molecule has 0 aromatic carbocycles. The minimum absolute atomic E-state index is 0.0303. The van der Waals surface area contributed by atoms with E-state index in [-0.39, 0.29) is 6.61 Å². The zero-order valence-electron chi connectivity index (χ0n) is 15.2. The Morgan fingerprint density at radius 3 is 2.89 bits per heavy atom. The van der Waals surface area contributed by atoms with Gasteiger partial charge in [0.05, 0.1) is 24.2 Å². The van der Waals surface area contributed by atoms with E-state index in [2.05, 4.69) is 15.3 Å². The van der Waals surface area contributed by atoms with Crippen LogP contribution >= 0.6 is 22.7 Å². The lowest BCUT2D eigenvalue weighted by molar-refractivity contribution is 0.277. The molecule has 0 saturated carbocycles. The first-order valence-electron chi connectivity index (χ1n) is 9.32. The predicted molar refractivity (Wildman–Crippen MR) is 113 cm³/mol. The molecule has 0 fully saturated rings. The van der Waals surface area contributed by atoms with E-state index in [1.807, 2.05) is 17.5 Å². The summed E-state index contributed by atoms with van der Waals surface area (Å²) in [6.45, 7) is 0.547. The Labute approximate surface area is 170 Å². The van der Waals surface area contributed by atoms with Gasteiger partial charge in [0.1, 0.15) is 15.7 Å². The van der Waals surface area contributed by atoms with Crippen LogP contribution < -0.4 is 5.32 Å². The van der Waals surface area contributed by atoms with Gasteiger partial charge in [0.25, 0.3) is 0 Å². The Hall–Kier alpha value is -2.42. The van der Waals surface area contributed by atoms with Crippen LogP contribution in [-0.2, 0) is 26.0 Å². The first-order valence-corrected chi connectivity index (χ1v) is 11.0. The number of aryl methyl sites for hydroxylation is 2. The molecule has 4 heterocycles. The number of anilines is 1. The maximum atomic E-state index is 9.24. The van der Waals surface area contributed by atoms with Crippen LogP contribution in [0, 0.1) is 0 Å². The van der Waals surface area contributed by atoms with Crippen LogP contribution in [0.3, 0.4) is 0 Å². The zero-order valence-corrected chi connectivity index (χ0v) is 16.8. The first kappa shape index (κ1) is 17.7. The Morgan fingerprint density at radius 1 is 1.14 bits per heavy atom. The van der Waals surface area contributed by atoms with Crippen LogP contribution in [0.5, 0.6) is 0 Å². The molecular weight excluding hydrogens is 390 g/mol. The van der Waals surface area contributed by atoms with Gasteiger partial charge in [-0.15, -0.1) is 22.7 Å². The largest absolute Gasteiger partial charge is 0.390 e. The highest BCUT2D eigenvalue weighted by Crippen LogP contribution is 2.39. The molecule has 2 N–H and O–H groups in total. The van der Waals surface area contributed by atoms with E-state index in [1.165, 1.54) is 23.3 Å². The van der Waals surface area contributed by atoms with Crippen molar-refractivity contribution >= 4 is 38.7 Å². The van der Waals surface area contributed by atoms with Crippen LogP contribution in [0.4, 0.5) is 5.82 Å². The standard InChI is InChI=1S/C20H19N5OS2/c26-10-13-11-27-16(23-13)9-22-19-17-14-5-1-2-6-15(14)28-20(17)25-18(24-19)12-4-3-7-21-8-12/h3-4,7-8,11,26H,1-2,5-6,9-10H2,(H,22,24,25). The third-order valence-corrected chi connectivity index (χ3v) is 6.99. The number of hydrogen-bond acceptors (Lipinski definition) is 8. The summed E-state index contributed by atoms with van der Waals surface area (Å²) in [7, 11) is 0. The van der Waals surface area contributed by atoms with Crippen LogP contribution in [0.2, 0.25) is 0 Å². The molecule has 1 aliphatic carbocycles. The molecule has 0 amide bonds. The topological polar surface area (TPSA) is 83.8 Å². The van der Waals surface area contributed by atoms with E-state index in [0.717, 1.165) is 39.4 Å². The fraction of sp³-hybridized carbons (Fsp3) is 0.300. The maximum Gasteiger partial charge on any atom is 0.164 e. The average Bonchev–Trinajstić information content (AvgIpc) is 3.36. The van der Waals surface area contributed by atoms with Gasteiger partial charge in [0.2, 0.25) is 0 Å². The van der Waals surface area contributed by atoms with Crippen molar-refractivity contribution in [3.63, 3.8) is 0 Å². The summed E-state index contributed by atoms with van der Waals surface area (Å²) in [5.74, 6) is 1.56. The number of nitrogens with zero attached hydrogens (tertiary/aromatic N) is 4. The zero-order chi connectivity index (χ0) is 18.9. The molecular formula is C20H19N5OS2. The van der Waals surface area contributed by atoms with Gasteiger partial charge in [-0.1, -0.05) is 0 Å². The van der Waals surface area contributed by atoms with Gasteiger partial charge >= 0.3 is 0 Å². The van der Waals surface area contributed by atoms with Gasteiger partial charge in [-0.3, -0.25) is 4.98 Å². The van der Waals surface area contributed by atoms with E-state index in [1.54, 1.807) is 35.1 Å². The molecule has 0 saturated heterocycles. The summed E-state index contributed by atoms with van der Waals surface area (Å²) >= 11 is 3.34. The van der Waals surface area contributed by atoms with Gasteiger partial charge < -0.3 is 10.4 Å². The van der Waals surface area contributed by atoms with Gasteiger partial charge in [-0.05, 0) is 43.4 Å². The molecule has 0 bridgehead atoms. The minimum atomic E-state index is -0.0303. The molecule has 1 aliphatic rings. The lowest BCUT2D eigenvalue weighted by atomic mass is 9.97. The molecule has 0 radical (unpaired) electrons. The third kappa shape index (κ3) is 3.28. The molecule has 6 nitrogen and oxygen atoms in total. The molecule has 8 heteroatoms. The molecule has 4 aromatic heterocycles. The van der Waals surface area contributed by atoms with E-state index >= 15 is 0 Å². The smallest absolute Gasteiger partial charge is 0.164 e. The number of aromatic nitrogens is 4. The maximum absolute atomic E-state index is 9.24. The Bertz CT molecular complexity index is 1120. The van der Waals surface area contributed by atoms with Crippen molar-refractivity contribution in [2.75, 3.05) is 5.32 Å². The first-order chi connectivity index (χ1) is 13.8. The van der Waals surface area contributed by atoms with Crippen molar-refractivity contribution in [1.29, 1.82) is 0 Å². The Balaban J connectivity index is 1.58. The predicted octanol–water partition coefficient (Wildman–Crippen LogP) is 4.19. The van der Waals surface area contributed by atoms with Crippen LogP contribution in [0.25, 0.3) is 21.6 Å². The average molecular weight is 410 g/mol. The SMILES string of the molecule is OCc1csc(CNc2nc(-c3cccnc3)nc3sc4c(c23)CCCC4)n1. The van der Waals surface area contributed by atoms with Gasteiger partial charge in [-0.25, -0.2) is 15.0 Å². The molecule has 0 spiro atoms. The van der Waals surface area contributed by atoms with Crippen molar-refractivity contribution in [3.8, 4) is 11.4 Å². The third-order valence-electron chi connectivity index (χ3n) is 4.90. The number of thiophene rings is 1. The van der Waals surface area contributed by atoms with Gasteiger partial charge in [-0.2, -0.15) is 0 Å². The summed E-state index contributed by atoms with van der Waals surface area (Å²) < 4.78 is 0. The number of thiazole rings is 1. The summed E-state index contributed by atoms with van der Waals surface area (Å²) in [5, 5.41) is 16.7. The normalized spacial score (nSPS) is 13.6. The highest BCUT2D eigenvalue weighted by molar-refractivity contribution is 7.19. The lowest BCUT2D eigenvalue weighted by Gasteiger charge is -2.13. The second kappa shape index (κ2) is 7.54. The van der Waals surface area contributed by atoms with Crippen molar-refractivity contribution in [2.45, 2.75) is 38.8 Å². The van der Waals surface area contributed by atoms with E-state index in [9.17, 15) is 5.11 Å². The second-order valence-electron chi connectivity index (χ2n) is 6.77. The fourth-order valence-corrected chi connectivity index (χ4v) is 5.56. The van der Waals surface area contributed by atoms with Crippen molar-refractivity contribution in [3.05, 3.63) is 51.0 Å². The summed E-state index contributed by atoms with van der Waals surface area (Å²) in [4.78, 5) is 20.9. The van der Waals surface area contributed by atoms with Crippen molar-refractivity contribution in [1.82, 2.24) is 19.9 Å². The Morgan fingerprint density at radius 2 is 2.07 bits per heavy atom. The monoisotopic (exact) mass is 409 g/mol. The number of hydrogen-bond donors (Lipinski definition) is 2. The molecule has 4 aromatic rings. The molecule has 0 unspecified atom stereocenters. The number of aliphatic hydroxyl groups excluding tert-OH is 1. The quantitative estimate of drug-likeness (QED) is 0.514. The molecule has 28 heavy (non-hydrogen) atoms. The Kier molecular flexibility index (Phi) is 4.76. The fourth-order valence-electron chi connectivity index (χ4n) is 3.57. The van der Waals surface area contributed by atoms with Crippen LogP contribution in [-0.4, -0.2) is 25.0 Å². The van der Waals surface area contributed by atoms with Crippen LogP contribution in [0.15, 0.2) is 29.9 Å². The molecule has 5 rings (SSSR count). The summed E-state index contributed by atoms with van der Waals surface area (Å²) in [5.41, 5.74) is 3.02. The van der Waals surface area contributed by atoms with E-state index < -0.39 is 0 Å². The number of rotatable bonds is 5. The van der Waals surface area contributed by atoms with Gasteiger partial charge in [0, 0.05) is 28.2 Å². The second-order valence-corrected chi connectivity index (χ2v) is 8.80. The molecule has 142 valence electrons.